The van der Waals surface area contributed by atoms with Crippen LogP contribution in [0.3, 0.4) is 0 Å². The molecule has 0 aliphatic rings. The van der Waals surface area contributed by atoms with Crippen molar-refractivity contribution >= 4 is 11.4 Å². The van der Waals surface area contributed by atoms with E-state index in [-0.39, 0.29) is 12.1 Å². The minimum atomic E-state index is -6.26. The molecule has 0 aromatic heterocycles. The zero-order chi connectivity index (χ0) is 21.9. The Hall–Kier alpha value is -3.83. The molecule has 8 nitrogen and oxygen atoms in total. The summed E-state index contributed by atoms with van der Waals surface area (Å²) in [6, 6.07) is 4.13. The van der Waals surface area contributed by atoms with Gasteiger partial charge < -0.3 is 10.4 Å². The molecule has 0 spiro atoms. The van der Waals surface area contributed by atoms with Crippen LogP contribution in [0.4, 0.5) is 37.7 Å². The van der Waals surface area contributed by atoms with E-state index in [4.69, 9.17) is 15.8 Å². The van der Waals surface area contributed by atoms with Crippen molar-refractivity contribution in [1.82, 2.24) is 0 Å². The van der Waals surface area contributed by atoms with E-state index in [1.54, 1.807) is 0 Å². The molecule has 0 bridgehead atoms. The monoisotopic (exact) mass is 405 g/mol. The predicted molar refractivity (Wildman–Crippen MR) is 76.6 cm³/mol. The highest BCUT2D eigenvalue weighted by Gasteiger charge is 2.71. The molecule has 1 aromatic carbocycles. The highest BCUT2D eigenvalue weighted by atomic mass is 19.4. The number of hydrogen-bond acceptors (Lipinski definition) is 7. The number of rotatable bonds is 4. The van der Waals surface area contributed by atoms with E-state index in [9.17, 15) is 41.6 Å². The van der Waals surface area contributed by atoms with Crippen LogP contribution < -0.4 is 5.32 Å². The smallest absolute Gasteiger partial charge is 0.369 e. The number of anilines is 1. The van der Waals surface area contributed by atoms with Gasteiger partial charge in [-0.15, -0.1) is 0 Å². The lowest BCUT2D eigenvalue weighted by atomic mass is 9.91. The second-order valence-corrected chi connectivity index (χ2v) is 4.91. The van der Waals surface area contributed by atoms with Crippen LogP contribution in [-0.4, -0.2) is 22.4 Å². The summed E-state index contributed by atoms with van der Waals surface area (Å²) >= 11 is 0. The first-order valence-corrected chi connectivity index (χ1v) is 6.61. The van der Waals surface area contributed by atoms with Crippen LogP contribution in [0, 0.1) is 44.1 Å². The number of nitro groups is 1. The lowest BCUT2D eigenvalue weighted by molar-refractivity contribution is -0.386. The van der Waals surface area contributed by atoms with Gasteiger partial charge in [0.2, 0.25) is 0 Å². The maximum atomic E-state index is 12.9. The Morgan fingerprint density at radius 3 is 1.89 bits per heavy atom. The molecular formula is C14H5F6N5O3. The van der Waals surface area contributed by atoms with Crippen LogP contribution in [0.2, 0.25) is 0 Å². The van der Waals surface area contributed by atoms with Crippen LogP contribution in [-0.2, 0) is 5.60 Å². The zero-order valence-corrected chi connectivity index (χ0v) is 13.1. The molecule has 0 saturated heterocycles. The van der Waals surface area contributed by atoms with Crippen molar-refractivity contribution in [3.05, 3.63) is 45.1 Å². The van der Waals surface area contributed by atoms with E-state index >= 15 is 0 Å². The van der Waals surface area contributed by atoms with Crippen LogP contribution in [0.15, 0.2) is 29.5 Å². The summed E-state index contributed by atoms with van der Waals surface area (Å²) in [7, 11) is 0. The molecule has 28 heavy (non-hydrogen) atoms. The second kappa shape index (κ2) is 7.42. The molecule has 1 aromatic rings. The summed E-state index contributed by atoms with van der Waals surface area (Å²) in [5.41, 5.74) is -11.1. The van der Waals surface area contributed by atoms with Gasteiger partial charge in [-0.3, -0.25) is 10.1 Å². The molecular weight excluding hydrogens is 400 g/mol. The Morgan fingerprint density at radius 2 is 1.54 bits per heavy atom. The molecule has 146 valence electrons. The summed E-state index contributed by atoms with van der Waals surface area (Å²) in [6.45, 7) is 0. The third-order valence-electron chi connectivity index (χ3n) is 3.28. The standard InChI is InChI=1S/C14H5F6N5O3/c15-13(16,17)12(26,14(18,19)20)8-1-2-9(11(3-8)25(27)28)24-10(6-23)7(4-21)5-22/h1-3,24,26H. The Bertz CT molecular complexity index is 932. The first-order chi connectivity index (χ1) is 12.7. The van der Waals surface area contributed by atoms with Gasteiger partial charge in [-0.1, -0.05) is 6.07 Å². The van der Waals surface area contributed by atoms with Crippen molar-refractivity contribution in [2.75, 3.05) is 5.32 Å². The zero-order valence-electron chi connectivity index (χ0n) is 13.1. The third kappa shape index (κ3) is 3.79. The maximum absolute atomic E-state index is 12.9. The number of allylic oxidation sites excluding steroid dienone is 2. The van der Waals surface area contributed by atoms with Crippen LogP contribution >= 0.6 is 0 Å². The van der Waals surface area contributed by atoms with E-state index in [1.807, 2.05) is 5.32 Å². The Morgan fingerprint density at radius 1 is 1.04 bits per heavy atom. The average Bonchev–Trinajstić information content (AvgIpc) is 2.59. The van der Waals surface area contributed by atoms with Crippen molar-refractivity contribution in [1.29, 1.82) is 15.8 Å². The van der Waals surface area contributed by atoms with Gasteiger partial charge in [0.25, 0.3) is 11.3 Å². The highest BCUT2D eigenvalue weighted by Crippen LogP contribution is 2.51. The van der Waals surface area contributed by atoms with Gasteiger partial charge >= 0.3 is 12.4 Å². The predicted octanol–water partition coefficient (Wildman–Crippen LogP) is 3.14. The first-order valence-electron chi connectivity index (χ1n) is 6.61. The summed E-state index contributed by atoms with van der Waals surface area (Å²) in [5.74, 6) is 0. The van der Waals surface area contributed by atoms with Crippen LogP contribution in [0.5, 0.6) is 0 Å². The number of benzene rings is 1. The number of halogens is 6. The minimum Gasteiger partial charge on any atom is -0.369 e. The molecule has 0 fully saturated rings. The molecule has 0 unspecified atom stereocenters. The van der Waals surface area contributed by atoms with Gasteiger partial charge in [0.15, 0.2) is 5.57 Å². The number of alkyl halides is 6. The normalized spacial score (nSPS) is 11.6. The van der Waals surface area contributed by atoms with E-state index < -0.39 is 51.1 Å². The Balaban J connectivity index is 3.71. The van der Waals surface area contributed by atoms with Crippen molar-refractivity contribution in [3.63, 3.8) is 0 Å². The third-order valence-corrected chi connectivity index (χ3v) is 3.28. The van der Waals surface area contributed by atoms with Crippen molar-refractivity contribution in [3.8, 4) is 18.2 Å². The van der Waals surface area contributed by atoms with E-state index in [0.29, 0.717) is 6.07 Å². The first kappa shape index (κ1) is 22.2. The molecule has 0 atom stereocenters. The summed E-state index contributed by atoms with van der Waals surface area (Å²) < 4.78 is 77.4. The molecule has 0 radical (unpaired) electrons. The maximum Gasteiger partial charge on any atom is 0.430 e. The van der Waals surface area contributed by atoms with Gasteiger partial charge in [0.1, 0.15) is 29.6 Å². The number of hydrogen-bond donors (Lipinski definition) is 2. The van der Waals surface area contributed by atoms with E-state index in [0.717, 1.165) is 0 Å². The summed E-state index contributed by atoms with van der Waals surface area (Å²) in [4.78, 5) is 9.69. The fourth-order valence-corrected chi connectivity index (χ4v) is 1.92. The van der Waals surface area contributed by atoms with Crippen LogP contribution in [0.1, 0.15) is 5.56 Å². The Labute approximate surface area is 151 Å². The van der Waals surface area contributed by atoms with Gasteiger partial charge in [-0.2, -0.15) is 42.1 Å². The fraction of sp³-hybridized carbons (Fsp3) is 0.214. The average molecular weight is 405 g/mol. The van der Waals surface area contributed by atoms with Crippen molar-refractivity contribution in [2.24, 2.45) is 0 Å². The number of aliphatic hydroxyl groups is 1. The van der Waals surface area contributed by atoms with Crippen molar-refractivity contribution in [2.45, 2.75) is 18.0 Å². The lowest BCUT2D eigenvalue weighted by Gasteiger charge is -2.32. The molecule has 0 heterocycles. The van der Waals surface area contributed by atoms with Crippen LogP contribution in [0.25, 0.3) is 0 Å². The second-order valence-electron chi connectivity index (χ2n) is 4.91. The van der Waals surface area contributed by atoms with E-state index in [2.05, 4.69) is 0 Å². The molecule has 1 rings (SSSR count). The number of nitro benzene ring substituents is 1. The minimum absolute atomic E-state index is 0.101. The molecule has 0 aliphatic heterocycles. The van der Waals surface area contributed by atoms with Crippen molar-refractivity contribution < 1.29 is 36.4 Å². The highest BCUT2D eigenvalue weighted by molar-refractivity contribution is 5.68. The summed E-state index contributed by atoms with van der Waals surface area (Å²) in [5, 5.41) is 48.5. The number of nitrogens with one attached hydrogen (secondary N) is 1. The largest absolute Gasteiger partial charge is 0.430 e. The topological polar surface area (TPSA) is 147 Å². The number of nitriles is 3. The Kier molecular flexibility index (Phi) is 5.89. The molecule has 14 heteroatoms. The van der Waals surface area contributed by atoms with Gasteiger partial charge in [0.05, 0.1) is 4.92 Å². The van der Waals surface area contributed by atoms with Gasteiger partial charge in [-0.05, 0) is 6.07 Å². The quantitative estimate of drug-likeness (QED) is 0.338. The molecule has 0 amide bonds. The SMILES string of the molecule is N#CC(C#N)=C(C#N)Nc1ccc(C(O)(C(F)(F)F)C(F)(F)F)cc1[N+](=O)[O-]. The van der Waals surface area contributed by atoms with E-state index in [1.165, 1.54) is 18.2 Å². The number of nitrogens with zero attached hydrogens (tertiary/aromatic N) is 4. The molecule has 0 saturated carbocycles. The fourth-order valence-electron chi connectivity index (χ4n) is 1.92. The lowest BCUT2D eigenvalue weighted by Crippen LogP contribution is -2.53. The molecule has 2 N–H and O–H groups in total. The summed E-state index contributed by atoms with van der Waals surface area (Å²) in [6.07, 6.45) is -12.5. The van der Waals surface area contributed by atoms with Gasteiger partial charge in [0, 0.05) is 11.6 Å². The molecule has 0 aliphatic carbocycles. The van der Waals surface area contributed by atoms with Gasteiger partial charge in [-0.25, -0.2) is 0 Å².